The van der Waals surface area contributed by atoms with Crippen molar-refractivity contribution in [3.8, 4) is 5.75 Å². The third-order valence-corrected chi connectivity index (χ3v) is 3.47. The zero-order valence-corrected chi connectivity index (χ0v) is 15.6. The van der Waals surface area contributed by atoms with E-state index in [-0.39, 0.29) is 52.6 Å². The number of hydrogen-bond acceptors (Lipinski definition) is 4. The van der Waals surface area contributed by atoms with Crippen LogP contribution in [0.1, 0.15) is 41.5 Å². The first-order valence-corrected chi connectivity index (χ1v) is 8.32. The highest BCUT2D eigenvalue weighted by Crippen LogP contribution is 2.36. The minimum absolute atomic E-state index is 0.124. The van der Waals surface area contributed by atoms with Gasteiger partial charge in [-0.1, -0.05) is 41.5 Å². The summed E-state index contributed by atoms with van der Waals surface area (Å²) in [4.78, 5) is 35.8. The molecule has 3 amide bonds. The Morgan fingerprint density at radius 3 is 1.36 bits per heavy atom. The van der Waals surface area contributed by atoms with Gasteiger partial charge in [0, 0.05) is 23.4 Å². The fourth-order valence-electron chi connectivity index (χ4n) is 1.74. The van der Waals surface area contributed by atoms with Gasteiger partial charge in [-0.05, 0) is 12.1 Å². The molecule has 0 aliphatic rings. The highest BCUT2D eigenvalue weighted by molar-refractivity contribution is 6.01. The average molecular weight is 349 g/mol. The van der Waals surface area contributed by atoms with Crippen LogP contribution in [0, 0.1) is 17.8 Å². The van der Waals surface area contributed by atoms with Crippen LogP contribution < -0.4 is 16.0 Å². The van der Waals surface area contributed by atoms with Crippen LogP contribution in [-0.4, -0.2) is 22.8 Å². The van der Waals surface area contributed by atoms with Gasteiger partial charge in [0.15, 0.2) is 5.75 Å². The molecule has 0 unspecified atom stereocenters. The Bertz CT molecular complexity index is 623. The summed E-state index contributed by atoms with van der Waals surface area (Å²) < 4.78 is 0. The maximum Gasteiger partial charge on any atom is 0.227 e. The minimum atomic E-state index is -0.290. The Kier molecular flexibility index (Phi) is 6.97. The lowest BCUT2D eigenvalue weighted by Crippen LogP contribution is -2.21. The molecule has 1 aromatic carbocycles. The lowest BCUT2D eigenvalue weighted by Gasteiger charge is -2.17. The predicted octanol–water partition coefficient (Wildman–Crippen LogP) is 3.18. The van der Waals surface area contributed by atoms with Crippen LogP contribution in [0.3, 0.4) is 0 Å². The quantitative estimate of drug-likeness (QED) is 0.467. The number of carbonyl (C=O) groups is 3. The van der Waals surface area contributed by atoms with Crippen molar-refractivity contribution in [3.05, 3.63) is 12.1 Å². The van der Waals surface area contributed by atoms with E-state index in [0.29, 0.717) is 5.69 Å². The van der Waals surface area contributed by atoms with E-state index in [1.54, 1.807) is 41.5 Å². The molecule has 0 fully saturated rings. The van der Waals surface area contributed by atoms with Crippen molar-refractivity contribution in [1.29, 1.82) is 0 Å². The number of rotatable bonds is 6. The normalized spacial score (nSPS) is 10.9. The molecule has 0 aromatic heterocycles. The molecule has 0 atom stereocenters. The van der Waals surface area contributed by atoms with Gasteiger partial charge in [-0.25, -0.2) is 0 Å². The number of aromatic hydroxyl groups is 1. The Balaban J connectivity index is 3.26. The van der Waals surface area contributed by atoms with Gasteiger partial charge in [0.1, 0.15) is 0 Å². The number of benzene rings is 1. The lowest BCUT2D eigenvalue weighted by atomic mass is 10.1. The molecule has 7 heteroatoms. The molecule has 1 aromatic rings. The second kappa shape index (κ2) is 8.50. The summed E-state index contributed by atoms with van der Waals surface area (Å²) in [6.07, 6.45) is 0. The molecule has 0 bridgehead atoms. The number of phenolic OH excluding ortho intramolecular Hbond substituents is 1. The number of nitrogens with one attached hydrogen (secondary N) is 3. The molecule has 0 saturated carbocycles. The van der Waals surface area contributed by atoms with Gasteiger partial charge in [0.05, 0.1) is 11.4 Å². The Labute approximate surface area is 148 Å². The molecule has 0 spiro atoms. The highest BCUT2D eigenvalue weighted by atomic mass is 16.3. The molecule has 0 radical (unpaired) electrons. The smallest absolute Gasteiger partial charge is 0.227 e. The van der Waals surface area contributed by atoms with Gasteiger partial charge in [0.2, 0.25) is 17.7 Å². The van der Waals surface area contributed by atoms with Crippen molar-refractivity contribution in [2.24, 2.45) is 17.8 Å². The number of hydrogen-bond donors (Lipinski definition) is 4. The number of carbonyl (C=O) groups excluding carboxylic acids is 3. The van der Waals surface area contributed by atoms with E-state index >= 15 is 0 Å². The van der Waals surface area contributed by atoms with Gasteiger partial charge in [-0.2, -0.15) is 0 Å². The van der Waals surface area contributed by atoms with Crippen LogP contribution in [-0.2, 0) is 14.4 Å². The van der Waals surface area contributed by atoms with Crippen molar-refractivity contribution in [1.82, 2.24) is 0 Å². The zero-order valence-electron chi connectivity index (χ0n) is 15.6. The van der Waals surface area contributed by atoms with E-state index in [9.17, 15) is 19.5 Å². The SMILES string of the molecule is CC(C)C(=O)Nc1cc(NC(=O)C(C)C)c(O)c(NC(=O)C(C)C)c1. The summed E-state index contributed by atoms with van der Waals surface area (Å²) in [5.41, 5.74) is 0.619. The molecule has 7 nitrogen and oxygen atoms in total. The molecule has 0 heterocycles. The minimum Gasteiger partial charge on any atom is -0.504 e. The van der Waals surface area contributed by atoms with E-state index in [2.05, 4.69) is 16.0 Å². The first-order chi connectivity index (χ1) is 11.5. The van der Waals surface area contributed by atoms with Crippen LogP contribution in [0.5, 0.6) is 5.75 Å². The van der Waals surface area contributed by atoms with Crippen LogP contribution in [0.25, 0.3) is 0 Å². The second-order valence-electron chi connectivity index (χ2n) is 6.85. The van der Waals surface area contributed by atoms with E-state index in [0.717, 1.165) is 0 Å². The topological polar surface area (TPSA) is 108 Å². The molecule has 4 N–H and O–H groups in total. The fourth-order valence-corrected chi connectivity index (χ4v) is 1.74. The maximum atomic E-state index is 12.0. The molecule has 138 valence electrons. The highest BCUT2D eigenvalue weighted by Gasteiger charge is 2.18. The first-order valence-electron chi connectivity index (χ1n) is 8.32. The lowest BCUT2D eigenvalue weighted by molar-refractivity contribution is -0.119. The molecule has 0 saturated heterocycles. The molecule has 1 rings (SSSR count). The molecular formula is C18H27N3O4. The summed E-state index contributed by atoms with van der Waals surface area (Å²) in [6, 6.07) is 2.92. The second-order valence-corrected chi connectivity index (χ2v) is 6.85. The molecule has 0 aliphatic carbocycles. The monoisotopic (exact) mass is 349 g/mol. The van der Waals surface area contributed by atoms with Crippen LogP contribution in [0.2, 0.25) is 0 Å². The Morgan fingerprint density at radius 2 is 1.04 bits per heavy atom. The van der Waals surface area contributed by atoms with E-state index in [4.69, 9.17) is 0 Å². The number of amides is 3. The largest absolute Gasteiger partial charge is 0.504 e. The van der Waals surface area contributed by atoms with E-state index < -0.39 is 0 Å². The third kappa shape index (κ3) is 5.77. The van der Waals surface area contributed by atoms with Crippen molar-refractivity contribution in [3.63, 3.8) is 0 Å². The van der Waals surface area contributed by atoms with Crippen LogP contribution >= 0.6 is 0 Å². The van der Waals surface area contributed by atoms with E-state index in [1.165, 1.54) is 12.1 Å². The summed E-state index contributed by atoms with van der Waals surface area (Å²) in [7, 11) is 0. The maximum absolute atomic E-state index is 12.0. The third-order valence-electron chi connectivity index (χ3n) is 3.47. The summed E-state index contributed by atoms with van der Waals surface area (Å²) >= 11 is 0. The van der Waals surface area contributed by atoms with Crippen molar-refractivity contribution in [2.45, 2.75) is 41.5 Å². The van der Waals surface area contributed by atoms with Gasteiger partial charge in [-0.3, -0.25) is 14.4 Å². The zero-order chi connectivity index (χ0) is 19.3. The van der Waals surface area contributed by atoms with Crippen molar-refractivity contribution >= 4 is 34.8 Å². The number of phenols is 1. The molecule has 0 aliphatic heterocycles. The standard InChI is InChI=1S/C18H27N3O4/c1-9(2)16(23)19-12-7-13(20-17(24)10(3)4)15(22)14(8-12)21-18(25)11(5)6/h7-11,22H,1-6H3,(H,19,23)(H,20,24)(H,21,25). The summed E-state index contributed by atoms with van der Waals surface area (Å²) in [6.45, 7) is 10.4. The van der Waals surface area contributed by atoms with E-state index in [1.807, 2.05) is 0 Å². The van der Waals surface area contributed by atoms with Crippen molar-refractivity contribution in [2.75, 3.05) is 16.0 Å². The predicted molar refractivity (Wildman–Crippen MR) is 98.5 cm³/mol. The average Bonchev–Trinajstić information content (AvgIpc) is 2.50. The van der Waals surface area contributed by atoms with Crippen LogP contribution in [0.4, 0.5) is 17.1 Å². The van der Waals surface area contributed by atoms with Crippen molar-refractivity contribution < 1.29 is 19.5 Å². The molecular weight excluding hydrogens is 322 g/mol. The van der Waals surface area contributed by atoms with Gasteiger partial charge in [-0.15, -0.1) is 0 Å². The summed E-state index contributed by atoms with van der Waals surface area (Å²) in [5.74, 6) is -1.87. The van der Waals surface area contributed by atoms with Gasteiger partial charge in [0.25, 0.3) is 0 Å². The summed E-state index contributed by atoms with van der Waals surface area (Å²) in [5, 5.41) is 18.3. The Morgan fingerprint density at radius 1 is 0.720 bits per heavy atom. The molecule has 25 heavy (non-hydrogen) atoms. The first kappa shape index (κ1) is 20.5. The van der Waals surface area contributed by atoms with Gasteiger partial charge < -0.3 is 21.1 Å². The fraction of sp³-hybridized carbons (Fsp3) is 0.500. The van der Waals surface area contributed by atoms with Crippen LogP contribution in [0.15, 0.2) is 12.1 Å². The van der Waals surface area contributed by atoms with Gasteiger partial charge >= 0.3 is 0 Å². The Hall–Kier alpha value is -2.57. The number of anilines is 3.